The van der Waals surface area contributed by atoms with Gasteiger partial charge in [0.1, 0.15) is 6.61 Å². The number of hydrogen-bond acceptors (Lipinski definition) is 11. The van der Waals surface area contributed by atoms with Gasteiger partial charge in [0.15, 0.2) is 41.1 Å². The molecule has 258 valence electrons. The Labute approximate surface area is 290 Å². The van der Waals surface area contributed by atoms with E-state index in [1.54, 1.807) is 44.2 Å². The third kappa shape index (κ3) is 8.54. The molecule has 0 spiro atoms. The van der Waals surface area contributed by atoms with E-state index in [0.717, 1.165) is 5.56 Å². The van der Waals surface area contributed by atoms with E-state index in [9.17, 15) is 14.4 Å². The monoisotopic (exact) mass is 738 g/mol. The van der Waals surface area contributed by atoms with Crippen molar-refractivity contribution in [1.29, 1.82) is 0 Å². The first-order chi connectivity index (χ1) is 23.7. The Balaban J connectivity index is 1.20. The zero-order valence-corrected chi connectivity index (χ0v) is 28.8. The number of nitrogens with one attached hydrogen (secondary N) is 3. The van der Waals surface area contributed by atoms with Crippen LogP contribution in [0.2, 0.25) is 0 Å². The molecule has 0 radical (unpaired) electrons. The SMILES string of the molecule is CCOC(=O)C1=C(C)NC(=O)N[C@H]1c1ccc(OCC(=O)N/N=C\c2cc(Br)c(OCc3ccc4c(c3)OCO4)c(OCC)c2)c(OC)c1. The fourth-order valence-corrected chi connectivity index (χ4v) is 5.59. The third-order valence-corrected chi connectivity index (χ3v) is 7.79. The summed E-state index contributed by atoms with van der Waals surface area (Å²) in [6.07, 6.45) is 1.46. The van der Waals surface area contributed by atoms with Crippen LogP contribution in [0.1, 0.15) is 43.5 Å². The summed E-state index contributed by atoms with van der Waals surface area (Å²) in [5, 5.41) is 9.38. The molecule has 49 heavy (non-hydrogen) atoms. The lowest BCUT2D eigenvalue weighted by molar-refractivity contribution is -0.139. The Morgan fingerprint density at radius 3 is 2.59 bits per heavy atom. The Bertz CT molecular complexity index is 1790. The number of methoxy groups -OCH3 is 1. The van der Waals surface area contributed by atoms with Gasteiger partial charge < -0.3 is 43.8 Å². The predicted molar refractivity (Wildman–Crippen MR) is 180 cm³/mol. The number of nitrogens with zero attached hydrogens (tertiary/aromatic N) is 1. The summed E-state index contributed by atoms with van der Waals surface area (Å²) < 4.78 is 39.7. The van der Waals surface area contributed by atoms with Gasteiger partial charge in [0, 0.05) is 5.70 Å². The van der Waals surface area contributed by atoms with Gasteiger partial charge >= 0.3 is 12.0 Å². The number of carbonyl (C=O) groups is 3. The van der Waals surface area contributed by atoms with E-state index in [0.29, 0.717) is 50.9 Å². The maximum Gasteiger partial charge on any atom is 0.338 e. The highest BCUT2D eigenvalue weighted by molar-refractivity contribution is 9.10. The summed E-state index contributed by atoms with van der Waals surface area (Å²) in [5.74, 6) is 1.85. The predicted octanol–water partition coefficient (Wildman–Crippen LogP) is 4.88. The molecule has 2 heterocycles. The molecule has 5 rings (SSSR count). The second-order valence-corrected chi connectivity index (χ2v) is 11.4. The first-order valence-electron chi connectivity index (χ1n) is 15.3. The van der Waals surface area contributed by atoms with Crippen molar-refractivity contribution in [2.75, 3.05) is 33.7 Å². The number of hydrazone groups is 1. The van der Waals surface area contributed by atoms with E-state index in [2.05, 4.69) is 37.1 Å². The molecule has 0 unspecified atom stereocenters. The van der Waals surface area contributed by atoms with Crippen LogP contribution >= 0.6 is 15.9 Å². The third-order valence-electron chi connectivity index (χ3n) is 7.20. The van der Waals surface area contributed by atoms with Crippen molar-refractivity contribution in [1.82, 2.24) is 16.1 Å². The maximum atomic E-state index is 12.7. The minimum absolute atomic E-state index is 0.176. The normalized spacial score (nSPS) is 15.0. The molecular weight excluding hydrogens is 704 g/mol. The average Bonchev–Trinajstić information content (AvgIpc) is 3.55. The minimum atomic E-state index is -0.785. The molecule has 2 aliphatic heterocycles. The van der Waals surface area contributed by atoms with Crippen LogP contribution in [0, 0.1) is 0 Å². The number of carbonyl (C=O) groups excluding carboxylic acids is 3. The van der Waals surface area contributed by atoms with Crippen LogP contribution < -0.4 is 44.5 Å². The van der Waals surface area contributed by atoms with Gasteiger partial charge in [0.05, 0.1) is 42.6 Å². The van der Waals surface area contributed by atoms with Crippen molar-refractivity contribution >= 4 is 40.1 Å². The number of esters is 1. The zero-order valence-electron chi connectivity index (χ0n) is 27.2. The Kier molecular flexibility index (Phi) is 11.5. The van der Waals surface area contributed by atoms with Crippen LogP contribution in [0.15, 0.2) is 69.4 Å². The first kappa shape index (κ1) is 34.9. The second-order valence-electron chi connectivity index (χ2n) is 10.5. The maximum absolute atomic E-state index is 12.7. The van der Waals surface area contributed by atoms with Crippen LogP contribution in [-0.2, 0) is 20.9 Å². The number of ether oxygens (including phenoxy) is 7. The van der Waals surface area contributed by atoms with Gasteiger partial charge in [-0.25, -0.2) is 15.0 Å². The van der Waals surface area contributed by atoms with Gasteiger partial charge in [-0.1, -0.05) is 12.1 Å². The lowest BCUT2D eigenvalue weighted by Gasteiger charge is -2.28. The first-order valence-corrected chi connectivity index (χ1v) is 16.1. The summed E-state index contributed by atoms with van der Waals surface area (Å²) in [6, 6.07) is 12.7. The van der Waals surface area contributed by atoms with E-state index < -0.39 is 23.9 Å². The Hall–Kier alpha value is -5.44. The van der Waals surface area contributed by atoms with Gasteiger partial charge in [-0.15, -0.1) is 0 Å². The molecule has 0 fully saturated rings. The number of hydrogen-bond donors (Lipinski definition) is 3. The lowest BCUT2D eigenvalue weighted by Crippen LogP contribution is -2.45. The van der Waals surface area contributed by atoms with Crippen molar-refractivity contribution in [3.05, 3.63) is 81.0 Å². The number of rotatable bonds is 14. The van der Waals surface area contributed by atoms with Crippen molar-refractivity contribution in [2.24, 2.45) is 5.10 Å². The number of amides is 3. The van der Waals surface area contributed by atoms with Gasteiger partial charge in [0.2, 0.25) is 6.79 Å². The highest BCUT2D eigenvalue weighted by Gasteiger charge is 2.32. The van der Waals surface area contributed by atoms with Gasteiger partial charge in [-0.05, 0) is 89.8 Å². The molecule has 3 amide bonds. The van der Waals surface area contributed by atoms with Crippen molar-refractivity contribution in [3.8, 4) is 34.5 Å². The summed E-state index contributed by atoms with van der Waals surface area (Å²) >= 11 is 3.55. The second kappa shape index (κ2) is 16.1. The Morgan fingerprint density at radius 2 is 1.82 bits per heavy atom. The zero-order chi connectivity index (χ0) is 34.9. The van der Waals surface area contributed by atoms with Crippen molar-refractivity contribution < 1.29 is 47.5 Å². The number of fused-ring (bicyclic) bond motifs is 1. The molecule has 0 saturated heterocycles. The van der Waals surface area contributed by atoms with Gasteiger partial charge in [0.25, 0.3) is 5.91 Å². The minimum Gasteiger partial charge on any atom is -0.493 e. The highest BCUT2D eigenvalue weighted by atomic mass is 79.9. The number of halogens is 1. The molecule has 15 heteroatoms. The van der Waals surface area contributed by atoms with E-state index in [-0.39, 0.29) is 43.7 Å². The van der Waals surface area contributed by atoms with Gasteiger partial charge in [-0.2, -0.15) is 5.10 Å². The molecule has 1 atom stereocenters. The van der Waals surface area contributed by atoms with Gasteiger partial charge in [-0.3, -0.25) is 4.79 Å². The smallest absolute Gasteiger partial charge is 0.338 e. The highest BCUT2D eigenvalue weighted by Crippen LogP contribution is 2.39. The molecule has 2 aliphatic rings. The van der Waals surface area contributed by atoms with Crippen LogP contribution in [0.25, 0.3) is 0 Å². The van der Waals surface area contributed by atoms with Crippen LogP contribution in [-0.4, -0.2) is 57.8 Å². The van der Waals surface area contributed by atoms with E-state index in [1.807, 2.05) is 25.1 Å². The molecule has 3 aromatic rings. The molecule has 3 aromatic carbocycles. The van der Waals surface area contributed by atoms with Crippen LogP contribution in [0.3, 0.4) is 0 Å². The van der Waals surface area contributed by atoms with E-state index in [4.69, 9.17) is 33.2 Å². The molecule has 3 N–H and O–H groups in total. The van der Waals surface area contributed by atoms with Crippen LogP contribution in [0.5, 0.6) is 34.5 Å². The van der Waals surface area contributed by atoms with Crippen LogP contribution in [0.4, 0.5) is 4.79 Å². The summed E-state index contributed by atoms with van der Waals surface area (Å²) in [4.78, 5) is 37.4. The van der Waals surface area contributed by atoms with Crippen molar-refractivity contribution in [3.63, 3.8) is 0 Å². The Morgan fingerprint density at radius 1 is 1.00 bits per heavy atom. The molecular formula is C34H35BrN4O10. The molecule has 0 bridgehead atoms. The number of allylic oxidation sites excluding steroid dienone is 1. The summed E-state index contributed by atoms with van der Waals surface area (Å²) in [5.41, 5.74) is 5.17. The lowest BCUT2D eigenvalue weighted by atomic mass is 9.95. The molecule has 14 nitrogen and oxygen atoms in total. The van der Waals surface area contributed by atoms with E-state index in [1.165, 1.54) is 13.3 Å². The number of urea groups is 1. The van der Waals surface area contributed by atoms with Crippen molar-refractivity contribution in [2.45, 2.75) is 33.4 Å². The molecule has 0 aromatic heterocycles. The molecule has 0 saturated carbocycles. The number of benzene rings is 3. The van der Waals surface area contributed by atoms with E-state index >= 15 is 0 Å². The standard InChI is InChI=1S/C34H35BrN4O10/c1-5-44-28-13-21(11-23(35)32(28)47-16-20-7-9-25-27(12-20)49-18-48-25)15-36-39-29(40)17-46-24-10-8-22(14-26(24)43-4)31-30(33(41)45-6-2)19(3)37-34(42)38-31/h7-15,31H,5-6,16-18H2,1-4H3,(H,39,40)(H2,37,38,42)/b36-15-/t31-/m0/s1. The topological polar surface area (TPSA) is 164 Å². The fraction of sp³-hybridized carbons (Fsp3) is 0.294. The summed E-state index contributed by atoms with van der Waals surface area (Å²) in [7, 11) is 1.44. The summed E-state index contributed by atoms with van der Waals surface area (Å²) in [6.45, 7) is 5.86. The quantitative estimate of drug-likeness (QED) is 0.118. The average molecular weight is 740 g/mol. The molecule has 0 aliphatic carbocycles. The largest absolute Gasteiger partial charge is 0.493 e. The fourth-order valence-electron chi connectivity index (χ4n) is 5.01.